The van der Waals surface area contributed by atoms with Crippen molar-refractivity contribution in [1.29, 1.82) is 5.26 Å². The molecule has 0 aliphatic heterocycles. The lowest BCUT2D eigenvalue weighted by Crippen LogP contribution is -2.16. The van der Waals surface area contributed by atoms with Gasteiger partial charge in [-0.1, -0.05) is 36.4 Å². The van der Waals surface area contributed by atoms with E-state index in [-0.39, 0.29) is 22.1 Å². The van der Waals surface area contributed by atoms with Crippen molar-refractivity contribution < 1.29 is 8.42 Å². The molecule has 0 aliphatic rings. The van der Waals surface area contributed by atoms with Crippen LogP contribution in [0, 0.1) is 11.3 Å². The molecule has 0 unspecified atom stereocenters. The monoisotopic (exact) mass is 471 g/mol. The van der Waals surface area contributed by atoms with E-state index in [0.717, 1.165) is 6.26 Å². The Hall–Kier alpha value is -3.29. The summed E-state index contributed by atoms with van der Waals surface area (Å²) in [6.07, 6.45) is 2.57. The maximum atomic E-state index is 12.2. The van der Waals surface area contributed by atoms with Crippen molar-refractivity contribution in [2.75, 3.05) is 11.7 Å². The number of aromatic nitrogens is 2. The number of hydrazone groups is 1. The number of halogens is 1. The van der Waals surface area contributed by atoms with Gasteiger partial charge in [0.15, 0.2) is 9.84 Å². The molecule has 0 saturated heterocycles. The number of sulfone groups is 1. The van der Waals surface area contributed by atoms with Crippen molar-refractivity contribution in [2.24, 2.45) is 5.10 Å². The molecule has 1 aromatic heterocycles. The quantitative estimate of drug-likeness (QED) is 0.434. The Labute approximate surface area is 175 Å². The lowest BCUT2D eigenvalue weighted by atomic mass is 10.1. The molecule has 0 radical (unpaired) electrons. The third-order valence-electron chi connectivity index (χ3n) is 3.82. The highest BCUT2D eigenvalue weighted by Gasteiger charge is 2.13. The third-order valence-corrected chi connectivity index (χ3v) is 5.89. The number of rotatable bonds is 5. The Morgan fingerprint density at radius 2 is 1.97 bits per heavy atom. The van der Waals surface area contributed by atoms with E-state index < -0.39 is 15.4 Å². The van der Waals surface area contributed by atoms with Gasteiger partial charge in [-0.05, 0) is 33.6 Å². The highest BCUT2D eigenvalue weighted by Crippen LogP contribution is 2.23. The first-order valence-corrected chi connectivity index (χ1v) is 10.9. The second-order valence-electron chi connectivity index (χ2n) is 5.95. The summed E-state index contributed by atoms with van der Waals surface area (Å²) in [5.74, 6) is 0.0657. The average Bonchev–Trinajstić information content (AvgIpc) is 2.67. The second-order valence-corrected chi connectivity index (χ2v) is 8.79. The molecule has 3 aromatic rings. The molecule has 1 heterocycles. The number of nitrogens with one attached hydrogen (secondary N) is 2. The molecular formula is C19H14BrN5O3S. The molecule has 0 saturated carbocycles. The highest BCUT2D eigenvalue weighted by molar-refractivity contribution is 9.10. The lowest BCUT2D eigenvalue weighted by molar-refractivity contribution is 0.601. The van der Waals surface area contributed by atoms with E-state index >= 15 is 0 Å². The fourth-order valence-corrected chi connectivity index (χ4v) is 4.51. The van der Waals surface area contributed by atoms with E-state index in [1.165, 1.54) is 12.3 Å². The van der Waals surface area contributed by atoms with E-state index in [1.54, 1.807) is 36.4 Å². The zero-order valence-electron chi connectivity index (χ0n) is 15.0. The average molecular weight is 472 g/mol. The molecule has 2 N–H and O–H groups in total. The molecule has 29 heavy (non-hydrogen) atoms. The number of hydrogen-bond donors (Lipinski definition) is 2. The maximum absolute atomic E-state index is 12.2. The van der Waals surface area contributed by atoms with E-state index in [2.05, 4.69) is 36.4 Å². The van der Waals surface area contributed by atoms with Gasteiger partial charge in [-0.25, -0.2) is 18.8 Å². The largest absolute Gasteiger partial charge is 0.290 e. The second kappa shape index (κ2) is 8.38. The number of H-pyrrole nitrogens is 1. The van der Waals surface area contributed by atoms with Gasteiger partial charge in [0.2, 0.25) is 5.95 Å². The summed E-state index contributed by atoms with van der Waals surface area (Å²) in [5.41, 5.74) is 3.44. The Morgan fingerprint density at radius 3 is 2.59 bits per heavy atom. The van der Waals surface area contributed by atoms with E-state index in [1.807, 2.05) is 12.1 Å². The summed E-state index contributed by atoms with van der Waals surface area (Å²) in [5, 5.41) is 13.3. The number of benzene rings is 2. The van der Waals surface area contributed by atoms with Crippen LogP contribution in [0.5, 0.6) is 0 Å². The maximum Gasteiger partial charge on any atom is 0.270 e. The van der Waals surface area contributed by atoms with Gasteiger partial charge in [0.1, 0.15) is 11.6 Å². The highest BCUT2D eigenvalue weighted by atomic mass is 79.9. The fourth-order valence-electron chi connectivity index (χ4n) is 2.50. The van der Waals surface area contributed by atoms with Crippen LogP contribution in [0.15, 0.2) is 67.8 Å². The Kier molecular flexibility index (Phi) is 5.91. The number of nitriles is 1. The predicted octanol–water partition coefficient (Wildman–Crippen LogP) is 2.92. The lowest BCUT2D eigenvalue weighted by Gasteiger charge is -2.06. The van der Waals surface area contributed by atoms with Gasteiger partial charge < -0.3 is 0 Å². The van der Waals surface area contributed by atoms with Gasteiger partial charge in [-0.3, -0.25) is 9.78 Å². The first-order chi connectivity index (χ1) is 13.8. The standard InChI is InChI=1S/C19H14BrN5O3S/c1-29(27,28)16-8-7-12(9-15(16)20)11-22-25-19-23-17(13-5-3-2-4-6-13)14(10-21)18(26)24-19/h2-9,11H,1H3,(H2,23,24,25,26). The molecule has 0 atom stereocenters. The molecule has 0 fully saturated rings. The van der Waals surface area contributed by atoms with E-state index in [0.29, 0.717) is 15.6 Å². The zero-order chi connectivity index (χ0) is 21.0. The van der Waals surface area contributed by atoms with Crippen molar-refractivity contribution in [3.8, 4) is 17.3 Å². The number of nitrogens with zero attached hydrogens (tertiary/aromatic N) is 3. The molecule has 2 aromatic carbocycles. The number of aromatic amines is 1. The Balaban J connectivity index is 1.88. The number of anilines is 1. The molecule has 0 bridgehead atoms. The van der Waals surface area contributed by atoms with Crippen LogP contribution in [0.2, 0.25) is 0 Å². The van der Waals surface area contributed by atoms with Gasteiger partial charge >= 0.3 is 0 Å². The molecule has 146 valence electrons. The summed E-state index contributed by atoms with van der Waals surface area (Å²) in [7, 11) is -3.34. The normalized spacial score (nSPS) is 11.3. The summed E-state index contributed by atoms with van der Waals surface area (Å²) in [4.78, 5) is 19.1. The van der Waals surface area contributed by atoms with Crippen LogP contribution in [-0.4, -0.2) is 30.9 Å². The van der Waals surface area contributed by atoms with Crippen molar-refractivity contribution in [3.05, 3.63) is 74.5 Å². The molecular weight excluding hydrogens is 458 g/mol. The van der Waals surface area contributed by atoms with Gasteiger partial charge in [0.05, 0.1) is 16.8 Å². The Bertz CT molecular complexity index is 1300. The zero-order valence-corrected chi connectivity index (χ0v) is 17.5. The summed E-state index contributed by atoms with van der Waals surface area (Å²) >= 11 is 3.23. The minimum Gasteiger partial charge on any atom is -0.290 e. The van der Waals surface area contributed by atoms with E-state index in [4.69, 9.17) is 0 Å². The molecule has 10 heteroatoms. The van der Waals surface area contributed by atoms with Crippen molar-refractivity contribution >= 4 is 37.9 Å². The van der Waals surface area contributed by atoms with Crippen molar-refractivity contribution in [3.63, 3.8) is 0 Å². The van der Waals surface area contributed by atoms with Crippen LogP contribution >= 0.6 is 15.9 Å². The van der Waals surface area contributed by atoms with Crippen LogP contribution in [0.4, 0.5) is 5.95 Å². The molecule has 3 rings (SSSR count). The van der Waals surface area contributed by atoms with Crippen molar-refractivity contribution in [1.82, 2.24) is 9.97 Å². The van der Waals surface area contributed by atoms with Gasteiger partial charge in [-0.15, -0.1) is 0 Å². The third kappa shape index (κ3) is 4.77. The van der Waals surface area contributed by atoms with Crippen LogP contribution in [-0.2, 0) is 9.84 Å². The van der Waals surface area contributed by atoms with Crippen LogP contribution < -0.4 is 11.0 Å². The molecule has 8 nitrogen and oxygen atoms in total. The predicted molar refractivity (Wildman–Crippen MR) is 113 cm³/mol. The van der Waals surface area contributed by atoms with Crippen LogP contribution in [0.25, 0.3) is 11.3 Å². The SMILES string of the molecule is CS(=O)(=O)c1ccc(C=NNc2nc(-c3ccccc3)c(C#N)c(=O)[nH]2)cc1Br. The Morgan fingerprint density at radius 1 is 1.24 bits per heavy atom. The van der Waals surface area contributed by atoms with Gasteiger partial charge in [-0.2, -0.15) is 10.4 Å². The van der Waals surface area contributed by atoms with Gasteiger partial charge in [0.25, 0.3) is 5.56 Å². The van der Waals surface area contributed by atoms with Crippen LogP contribution in [0.1, 0.15) is 11.1 Å². The summed E-state index contributed by atoms with van der Waals surface area (Å²) in [6.45, 7) is 0. The van der Waals surface area contributed by atoms with Gasteiger partial charge in [0, 0.05) is 16.3 Å². The fraction of sp³-hybridized carbons (Fsp3) is 0.0526. The first-order valence-electron chi connectivity index (χ1n) is 8.18. The van der Waals surface area contributed by atoms with E-state index in [9.17, 15) is 18.5 Å². The minimum atomic E-state index is -3.34. The molecule has 0 spiro atoms. The first kappa shape index (κ1) is 20.4. The minimum absolute atomic E-state index is 0.0657. The smallest absolute Gasteiger partial charge is 0.270 e. The molecule has 0 aliphatic carbocycles. The summed E-state index contributed by atoms with van der Waals surface area (Å²) < 4.78 is 23.7. The number of hydrogen-bond acceptors (Lipinski definition) is 7. The summed E-state index contributed by atoms with van der Waals surface area (Å²) in [6, 6.07) is 15.4. The topological polar surface area (TPSA) is 128 Å². The molecule has 0 amide bonds. The van der Waals surface area contributed by atoms with Crippen molar-refractivity contribution in [2.45, 2.75) is 4.90 Å². The van der Waals surface area contributed by atoms with Crippen LogP contribution in [0.3, 0.4) is 0 Å².